The van der Waals surface area contributed by atoms with Crippen molar-refractivity contribution in [1.29, 1.82) is 0 Å². The average Bonchev–Trinajstić information content (AvgIpc) is 2.43. The van der Waals surface area contributed by atoms with E-state index in [0.717, 1.165) is 25.7 Å². The minimum atomic E-state index is -0.715. The van der Waals surface area contributed by atoms with Crippen molar-refractivity contribution < 1.29 is 19.4 Å². The Balaban J connectivity index is 2.57. The number of ether oxygens (including phenoxy) is 1. The zero-order valence-electron chi connectivity index (χ0n) is 11.7. The van der Waals surface area contributed by atoms with Crippen molar-refractivity contribution in [1.82, 2.24) is 10.6 Å². The Morgan fingerprint density at radius 1 is 1.32 bits per heavy atom. The summed E-state index contributed by atoms with van der Waals surface area (Å²) in [5.74, 6) is -0.759. The van der Waals surface area contributed by atoms with Gasteiger partial charge < -0.3 is 20.5 Å². The van der Waals surface area contributed by atoms with E-state index in [-0.39, 0.29) is 24.6 Å². The Hall–Kier alpha value is -1.14. The third-order valence-corrected chi connectivity index (χ3v) is 3.66. The number of aliphatic hydroxyl groups excluding tert-OH is 1. The van der Waals surface area contributed by atoms with Gasteiger partial charge in [0.25, 0.3) is 0 Å². The lowest BCUT2D eigenvalue weighted by Crippen LogP contribution is -2.56. The molecule has 6 nitrogen and oxygen atoms in total. The zero-order valence-corrected chi connectivity index (χ0v) is 11.7. The molecule has 1 atom stereocenters. The van der Waals surface area contributed by atoms with Crippen LogP contribution in [0.3, 0.4) is 0 Å². The van der Waals surface area contributed by atoms with Gasteiger partial charge in [0, 0.05) is 19.0 Å². The summed E-state index contributed by atoms with van der Waals surface area (Å²) in [4.78, 5) is 22.7. The standard InChI is InChI=1S/C13H24N2O4/c1-10(17)15-11(12(18)19-2)8-14-13(9-16)6-4-3-5-7-13/h11,14,16H,3-9H2,1-2H3,(H,15,17). The van der Waals surface area contributed by atoms with E-state index in [1.54, 1.807) is 0 Å². The summed E-state index contributed by atoms with van der Waals surface area (Å²) in [6.45, 7) is 1.67. The van der Waals surface area contributed by atoms with Crippen molar-refractivity contribution in [3.63, 3.8) is 0 Å². The normalized spacial score (nSPS) is 19.5. The molecule has 0 aliphatic heterocycles. The number of methoxy groups -OCH3 is 1. The molecule has 1 saturated carbocycles. The molecule has 19 heavy (non-hydrogen) atoms. The quantitative estimate of drug-likeness (QED) is 0.590. The molecular weight excluding hydrogens is 248 g/mol. The molecule has 0 aromatic heterocycles. The zero-order chi connectivity index (χ0) is 14.3. The topological polar surface area (TPSA) is 87.7 Å². The molecular formula is C13H24N2O4. The SMILES string of the molecule is COC(=O)C(CNC1(CO)CCCCC1)NC(C)=O. The fraction of sp³-hybridized carbons (Fsp3) is 0.846. The molecule has 1 aliphatic rings. The maximum absolute atomic E-state index is 11.6. The highest BCUT2D eigenvalue weighted by atomic mass is 16.5. The number of carbonyl (C=O) groups excluding carboxylic acids is 2. The second-order valence-electron chi connectivity index (χ2n) is 5.16. The average molecular weight is 272 g/mol. The minimum Gasteiger partial charge on any atom is -0.467 e. The molecule has 0 spiro atoms. The van der Waals surface area contributed by atoms with Crippen LogP contribution in [0.5, 0.6) is 0 Å². The fourth-order valence-corrected chi connectivity index (χ4v) is 2.52. The predicted octanol–water partition coefficient (Wildman–Crippen LogP) is -0.0511. The highest BCUT2D eigenvalue weighted by molar-refractivity contribution is 5.83. The number of amides is 1. The van der Waals surface area contributed by atoms with Crippen LogP contribution in [0.4, 0.5) is 0 Å². The molecule has 1 rings (SSSR count). The predicted molar refractivity (Wildman–Crippen MR) is 70.5 cm³/mol. The summed E-state index contributed by atoms with van der Waals surface area (Å²) in [5.41, 5.74) is -0.330. The van der Waals surface area contributed by atoms with Crippen molar-refractivity contribution in [3.8, 4) is 0 Å². The van der Waals surface area contributed by atoms with Crippen LogP contribution in [0.1, 0.15) is 39.0 Å². The van der Waals surface area contributed by atoms with Crippen molar-refractivity contribution in [3.05, 3.63) is 0 Å². The van der Waals surface area contributed by atoms with Gasteiger partial charge >= 0.3 is 5.97 Å². The largest absolute Gasteiger partial charge is 0.467 e. The van der Waals surface area contributed by atoms with Gasteiger partial charge in [-0.25, -0.2) is 4.79 Å². The van der Waals surface area contributed by atoms with Crippen LogP contribution in [0.2, 0.25) is 0 Å². The van der Waals surface area contributed by atoms with E-state index in [9.17, 15) is 14.7 Å². The van der Waals surface area contributed by atoms with Crippen molar-refractivity contribution >= 4 is 11.9 Å². The summed E-state index contributed by atoms with van der Waals surface area (Å²) in [7, 11) is 1.29. The van der Waals surface area contributed by atoms with Gasteiger partial charge in [-0.1, -0.05) is 19.3 Å². The third kappa shape index (κ3) is 4.80. The first-order valence-corrected chi connectivity index (χ1v) is 6.74. The molecule has 0 aromatic carbocycles. The van der Waals surface area contributed by atoms with Crippen LogP contribution in [0, 0.1) is 0 Å². The molecule has 3 N–H and O–H groups in total. The Morgan fingerprint density at radius 2 is 1.95 bits per heavy atom. The Morgan fingerprint density at radius 3 is 2.42 bits per heavy atom. The lowest BCUT2D eigenvalue weighted by molar-refractivity contribution is -0.144. The number of esters is 1. The van der Waals surface area contributed by atoms with Crippen LogP contribution < -0.4 is 10.6 Å². The molecule has 1 unspecified atom stereocenters. The number of carbonyl (C=O) groups is 2. The van der Waals surface area contributed by atoms with Crippen LogP contribution >= 0.6 is 0 Å². The van der Waals surface area contributed by atoms with Gasteiger partial charge in [0.2, 0.25) is 5.91 Å². The van der Waals surface area contributed by atoms with E-state index in [1.807, 2.05) is 0 Å². The smallest absolute Gasteiger partial charge is 0.329 e. The summed E-state index contributed by atoms with van der Waals surface area (Å²) >= 11 is 0. The van der Waals surface area contributed by atoms with E-state index >= 15 is 0 Å². The number of nitrogens with one attached hydrogen (secondary N) is 2. The molecule has 1 amide bonds. The van der Waals surface area contributed by atoms with E-state index in [2.05, 4.69) is 15.4 Å². The van der Waals surface area contributed by atoms with E-state index in [1.165, 1.54) is 20.5 Å². The third-order valence-electron chi connectivity index (χ3n) is 3.66. The summed E-state index contributed by atoms with van der Waals surface area (Å²) in [5, 5.41) is 15.4. The Bertz CT molecular complexity index is 314. The van der Waals surface area contributed by atoms with Gasteiger partial charge in [0.15, 0.2) is 0 Å². The first kappa shape index (κ1) is 15.9. The minimum absolute atomic E-state index is 0.0426. The first-order chi connectivity index (χ1) is 9.03. The Labute approximate surface area is 113 Å². The molecule has 0 bridgehead atoms. The van der Waals surface area contributed by atoms with Gasteiger partial charge in [0.05, 0.1) is 13.7 Å². The van der Waals surface area contributed by atoms with Gasteiger partial charge in [0.1, 0.15) is 6.04 Å². The van der Waals surface area contributed by atoms with Gasteiger partial charge in [-0.2, -0.15) is 0 Å². The molecule has 110 valence electrons. The van der Waals surface area contributed by atoms with Crippen LogP contribution in [-0.4, -0.2) is 48.8 Å². The maximum Gasteiger partial charge on any atom is 0.329 e. The molecule has 6 heteroatoms. The monoisotopic (exact) mass is 272 g/mol. The fourth-order valence-electron chi connectivity index (χ4n) is 2.52. The van der Waals surface area contributed by atoms with Crippen molar-refractivity contribution in [2.75, 3.05) is 20.3 Å². The van der Waals surface area contributed by atoms with Gasteiger partial charge in [-0.05, 0) is 12.8 Å². The van der Waals surface area contributed by atoms with Crippen molar-refractivity contribution in [2.45, 2.75) is 50.6 Å². The summed E-state index contributed by atoms with van der Waals surface area (Å²) in [6, 6.07) is -0.715. The summed E-state index contributed by atoms with van der Waals surface area (Å²) in [6.07, 6.45) is 5.08. The molecule has 0 heterocycles. The van der Waals surface area contributed by atoms with Gasteiger partial charge in [-0.3, -0.25) is 4.79 Å². The number of aliphatic hydroxyl groups is 1. The molecule has 1 fully saturated rings. The number of hydrogen-bond donors (Lipinski definition) is 3. The van der Waals surface area contributed by atoms with Crippen LogP contribution in [0.15, 0.2) is 0 Å². The van der Waals surface area contributed by atoms with Crippen molar-refractivity contribution in [2.24, 2.45) is 0 Å². The van der Waals surface area contributed by atoms with Gasteiger partial charge in [-0.15, -0.1) is 0 Å². The van der Waals surface area contributed by atoms with Crippen LogP contribution in [-0.2, 0) is 14.3 Å². The Kier molecular flexibility index (Phi) is 6.24. The van der Waals surface area contributed by atoms with E-state index in [4.69, 9.17) is 0 Å². The van der Waals surface area contributed by atoms with E-state index < -0.39 is 12.0 Å². The molecule has 0 saturated heterocycles. The molecule has 1 aliphatic carbocycles. The molecule has 0 aromatic rings. The summed E-state index contributed by atoms with van der Waals surface area (Å²) < 4.78 is 4.66. The lowest BCUT2D eigenvalue weighted by Gasteiger charge is -2.37. The highest BCUT2D eigenvalue weighted by Crippen LogP contribution is 2.27. The molecule has 0 radical (unpaired) electrons. The maximum atomic E-state index is 11.6. The number of rotatable bonds is 6. The second kappa shape index (κ2) is 7.45. The lowest BCUT2D eigenvalue weighted by atomic mass is 9.82. The number of hydrogen-bond acceptors (Lipinski definition) is 5. The highest BCUT2D eigenvalue weighted by Gasteiger charge is 2.32. The van der Waals surface area contributed by atoms with Crippen LogP contribution in [0.25, 0.3) is 0 Å². The second-order valence-corrected chi connectivity index (χ2v) is 5.16. The van der Waals surface area contributed by atoms with E-state index in [0.29, 0.717) is 0 Å². The first-order valence-electron chi connectivity index (χ1n) is 6.74.